The van der Waals surface area contributed by atoms with Crippen LogP contribution in [0.1, 0.15) is 19.8 Å². The molecule has 0 aromatic carbocycles. The highest BCUT2D eigenvalue weighted by molar-refractivity contribution is 5.79. The monoisotopic (exact) mass is 199 g/mol. The Kier molecular flexibility index (Phi) is 4.62. The number of hydrogen-bond acceptors (Lipinski definition) is 3. The molecule has 1 aliphatic rings. The van der Waals surface area contributed by atoms with Crippen LogP contribution in [0, 0.1) is 0 Å². The molecule has 0 saturated carbocycles. The van der Waals surface area contributed by atoms with E-state index in [1.54, 1.807) is 6.08 Å². The Bertz CT molecular complexity index is 209. The number of hydrogen-bond donors (Lipinski definition) is 2. The molecule has 4 heteroatoms. The van der Waals surface area contributed by atoms with Gasteiger partial charge in [0.2, 0.25) is 0 Å². The average Bonchev–Trinajstić information content (AvgIpc) is 2.64. The lowest BCUT2D eigenvalue weighted by atomic mass is 10.1. The Morgan fingerprint density at radius 1 is 1.79 bits per heavy atom. The van der Waals surface area contributed by atoms with Crippen LogP contribution >= 0.6 is 0 Å². The predicted octanol–water partition coefficient (Wildman–Crippen LogP) is 0.784. The number of carboxylic acids is 1. The lowest BCUT2D eigenvalue weighted by Gasteiger charge is -2.18. The van der Waals surface area contributed by atoms with Crippen molar-refractivity contribution in [3.63, 3.8) is 0 Å². The van der Waals surface area contributed by atoms with Gasteiger partial charge in [-0.05, 0) is 19.8 Å². The van der Waals surface area contributed by atoms with Crippen LogP contribution in [0.25, 0.3) is 0 Å². The molecule has 2 N–H and O–H groups in total. The number of ether oxygens (including phenoxy) is 1. The first kappa shape index (κ1) is 11.2. The number of carbonyl (C=O) groups is 1. The summed E-state index contributed by atoms with van der Waals surface area (Å²) in [6.07, 6.45) is 5.26. The Morgan fingerprint density at radius 3 is 3.14 bits per heavy atom. The standard InChI is InChI=1S/C10H17NO3/c1-8(9-4-3-7-14-9)11-6-2-5-10(12)13/h2,5,8-9,11H,3-4,6-7H2,1H3,(H,12,13)/b5-2+. The van der Waals surface area contributed by atoms with Gasteiger partial charge in [-0.15, -0.1) is 0 Å². The smallest absolute Gasteiger partial charge is 0.328 e. The largest absolute Gasteiger partial charge is 0.478 e. The number of carboxylic acid groups (broad SMARTS) is 1. The zero-order valence-corrected chi connectivity index (χ0v) is 8.40. The molecule has 1 saturated heterocycles. The van der Waals surface area contributed by atoms with E-state index in [0.717, 1.165) is 25.5 Å². The van der Waals surface area contributed by atoms with Crippen molar-refractivity contribution in [1.29, 1.82) is 0 Å². The Morgan fingerprint density at radius 2 is 2.57 bits per heavy atom. The third kappa shape index (κ3) is 3.89. The molecule has 0 radical (unpaired) electrons. The summed E-state index contributed by atoms with van der Waals surface area (Å²) in [5.74, 6) is -0.906. The van der Waals surface area contributed by atoms with E-state index >= 15 is 0 Å². The maximum absolute atomic E-state index is 10.2. The molecule has 0 amide bonds. The summed E-state index contributed by atoms with van der Waals surface area (Å²) in [6, 6.07) is 0.288. The Hall–Kier alpha value is -0.870. The maximum Gasteiger partial charge on any atom is 0.328 e. The Labute approximate surface area is 83.9 Å². The van der Waals surface area contributed by atoms with E-state index in [1.807, 2.05) is 0 Å². The van der Waals surface area contributed by atoms with Crippen molar-refractivity contribution in [3.05, 3.63) is 12.2 Å². The molecule has 1 rings (SSSR count). The van der Waals surface area contributed by atoms with Gasteiger partial charge in [0.25, 0.3) is 0 Å². The molecule has 0 aromatic rings. The van der Waals surface area contributed by atoms with Gasteiger partial charge in [0, 0.05) is 25.3 Å². The van der Waals surface area contributed by atoms with Gasteiger partial charge in [-0.1, -0.05) is 6.08 Å². The van der Waals surface area contributed by atoms with Crippen LogP contribution in [0.3, 0.4) is 0 Å². The number of nitrogens with one attached hydrogen (secondary N) is 1. The molecule has 1 fully saturated rings. The van der Waals surface area contributed by atoms with E-state index in [-0.39, 0.29) is 12.1 Å². The van der Waals surface area contributed by atoms with Gasteiger partial charge in [0.15, 0.2) is 0 Å². The predicted molar refractivity (Wildman–Crippen MR) is 53.2 cm³/mol. The van der Waals surface area contributed by atoms with Gasteiger partial charge in [0.05, 0.1) is 6.10 Å². The van der Waals surface area contributed by atoms with Gasteiger partial charge in [0.1, 0.15) is 0 Å². The van der Waals surface area contributed by atoms with Gasteiger partial charge >= 0.3 is 5.97 Å². The number of aliphatic carboxylic acids is 1. The van der Waals surface area contributed by atoms with Crippen LogP contribution in [0.5, 0.6) is 0 Å². The molecule has 2 atom stereocenters. The van der Waals surface area contributed by atoms with Crippen molar-refractivity contribution < 1.29 is 14.6 Å². The average molecular weight is 199 g/mol. The van der Waals surface area contributed by atoms with Crippen molar-refractivity contribution in [2.75, 3.05) is 13.2 Å². The highest BCUT2D eigenvalue weighted by atomic mass is 16.5. The van der Waals surface area contributed by atoms with Crippen molar-refractivity contribution in [3.8, 4) is 0 Å². The summed E-state index contributed by atoms with van der Waals surface area (Å²) in [7, 11) is 0. The summed E-state index contributed by atoms with van der Waals surface area (Å²) >= 11 is 0. The zero-order valence-electron chi connectivity index (χ0n) is 8.40. The molecule has 1 aliphatic heterocycles. The van der Waals surface area contributed by atoms with E-state index in [2.05, 4.69) is 12.2 Å². The second-order valence-corrected chi connectivity index (χ2v) is 3.49. The minimum atomic E-state index is -0.906. The Balaban J connectivity index is 2.14. The maximum atomic E-state index is 10.2. The molecule has 2 unspecified atom stereocenters. The third-order valence-corrected chi connectivity index (χ3v) is 2.34. The molecule has 14 heavy (non-hydrogen) atoms. The fraction of sp³-hybridized carbons (Fsp3) is 0.700. The molecule has 0 aromatic heterocycles. The molecule has 4 nitrogen and oxygen atoms in total. The second kappa shape index (κ2) is 5.78. The fourth-order valence-corrected chi connectivity index (χ4v) is 1.54. The summed E-state index contributed by atoms with van der Waals surface area (Å²) < 4.78 is 5.49. The summed E-state index contributed by atoms with van der Waals surface area (Å²) in [6.45, 7) is 3.49. The fourth-order valence-electron chi connectivity index (χ4n) is 1.54. The van der Waals surface area contributed by atoms with Crippen LogP contribution < -0.4 is 5.32 Å². The second-order valence-electron chi connectivity index (χ2n) is 3.49. The summed E-state index contributed by atoms with van der Waals surface area (Å²) in [5, 5.41) is 11.6. The topological polar surface area (TPSA) is 58.6 Å². The van der Waals surface area contributed by atoms with Crippen LogP contribution in [0.15, 0.2) is 12.2 Å². The molecular weight excluding hydrogens is 182 g/mol. The van der Waals surface area contributed by atoms with Gasteiger partial charge in [-0.25, -0.2) is 4.79 Å². The van der Waals surface area contributed by atoms with E-state index in [1.165, 1.54) is 0 Å². The third-order valence-electron chi connectivity index (χ3n) is 2.34. The van der Waals surface area contributed by atoms with Crippen LogP contribution in [0.2, 0.25) is 0 Å². The van der Waals surface area contributed by atoms with Crippen LogP contribution in [-0.4, -0.2) is 36.4 Å². The minimum absolute atomic E-state index is 0.285. The first-order valence-electron chi connectivity index (χ1n) is 4.94. The minimum Gasteiger partial charge on any atom is -0.478 e. The van der Waals surface area contributed by atoms with Crippen molar-refractivity contribution in [2.24, 2.45) is 0 Å². The van der Waals surface area contributed by atoms with Gasteiger partial charge in [-0.2, -0.15) is 0 Å². The molecule has 0 bridgehead atoms. The van der Waals surface area contributed by atoms with Crippen molar-refractivity contribution in [1.82, 2.24) is 5.32 Å². The van der Waals surface area contributed by atoms with Crippen molar-refractivity contribution >= 4 is 5.97 Å². The van der Waals surface area contributed by atoms with Crippen molar-refractivity contribution in [2.45, 2.75) is 31.9 Å². The molecule has 0 aliphatic carbocycles. The normalized spacial score (nSPS) is 24.2. The quantitative estimate of drug-likeness (QED) is 0.642. The van der Waals surface area contributed by atoms with E-state index in [4.69, 9.17) is 9.84 Å². The molecule has 80 valence electrons. The van der Waals surface area contributed by atoms with Gasteiger partial charge in [-0.3, -0.25) is 0 Å². The summed E-state index contributed by atoms with van der Waals surface area (Å²) in [5.41, 5.74) is 0. The SMILES string of the molecule is CC(NC/C=C/C(=O)O)C1CCCO1. The van der Waals surface area contributed by atoms with Crippen LogP contribution in [0.4, 0.5) is 0 Å². The first-order valence-corrected chi connectivity index (χ1v) is 4.94. The number of rotatable bonds is 5. The van der Waals surface area contributed by atoms with E-state index < -0.39 is 5.97 Å². The zero-order chi connectivity index (χ0) is 10.4. The first-order chi connectivity index (χ1) is 6.70. The highest BCUT2D eigenvalue weighted by Gasteiger charge is 2.21. The summed E-state index contributed by atoms with van der Waals surface area (Å²) in [4.78, 5) is 10.2. The van der Waals surface area contributed by atoms with E-state index in [9.17, 15) is 4.79 Å². The molecular formula is C10H17NO3. The molecule has 0 spiro atoms. The lowest BCUT2D eigenvalue weighted by molar-refractivity contribution is -0.131. The lowest BCUT2D eigenvalue weighted by Crippen LogP contribution is -2.36. The highest BCUT2D eigenvalue weighted by Crippen LogP contribution is 2.14. The van der Waals surface area contributed by atoms with Gasteiger partial charge < -0.3 is 15.2 Å². The molecule has 1 heterocycles. The van der Waals surface area contributed by atoms with Crippen LogP contribution in [-0.2, 0) is 9.53 Å². The van der Waals surface area contributed by atoms with E-state index in [0.29, 0.717) is 6.54 Å².